The number of aryl methyl sites for hydroxylation is 1. The zero-order valence-electron chi connectivity index (χ0n) is 11.2. The van der Waals surface area contributed by atoms with Crippen molar-refractivity contribution in [3.8, 4) is 0 Å². The van der Waals surface area contributed by atoms with Crippen LogP contribution in [-0.2, 0) is 11.3 Å². The van der Waals surface area contributed by atoms with Crippen molar-refractivity contribution in [1.82, 2.24) is 5.32 Å². The van der Waals surface area contributed by atoms with Crippen molar-refractivity contribution in [2.75, 3.05) is 13.2 Å². The maximum absolute atomic E-state index is 10.9. The number of nitrogens with one attached hydrogen (secondary N) is 1. The van der Waals surface area contributed by atoms with E-state index in [0.717, 1.165) is 31.6 Å². The number of hydrogen-bond acceptors (Lipinski definition) is 4. The van der Waals surface area contributed by atoms with Crippen LogP contribution in [-0.4, -0.2) is 24.2 Å². The first-order valence-corrected chi connectivity index (χ1v) is 6.73. The Labute approximate surface area is 113 Å². The van der Waals surface area contributed by atoms with Gasteiger partial charge in [-0.05, 0) is 31.7 Å². The molecule has 2 rings (SSSR count). The van der Waals surface area contributed by atoms with E-state index < -0.39 is 0 Å². The molecule has 1 unspecified atom stereocenters. The van der Waals surface area contributed by atoms with Crippen LogP contribution in [0.25, 0.3) is 0 Å². The molecule has 1 aromatic rings. The zero-order chi connectivity index (χ0) is 13.7. The summed E-state index contributed by atoms with van der Waals surface area (Å²) in [6.45, 7) is 4.05. The number of nitrogens with zero attached hydrogens (tertiary/aromatic N) is 1. The number of benzene rings is 1. The molecule has 1 aliphatic heterocycles. The van der Waals surface area contributed by atoms with Crippen LogP contribution in [0.5, 0.6) is 0 Å². The number of nitro benzene ring substituents is 1. The van der Waals surface area contributed by atoms with E-state index in [-0.39, 0.29) is 16.7 Å². The molecule has 1 saturated heterocycles. The Morgan fingerprint density at radius 1 is 1.47 bits per heavy atom. The summed E-state index contributed by atoms with van der Waals surface area (Å²) >= 11 is 0. The van der Waals surface area contributed by atoms with E-state index in [1.165, 1.54) is 6.42 Å². The first-order valence-electron chi connectivity index (χ1n) is 6.73. The fourth-order valence-corrected chi connectivity index (χ4v) is 2.31. The summed E-state index contributed by atoms with van der Waals surface area (Å²) in [5.74, 6) is 0. The van der Waals surface area contributed by atoms with Crippen molar-refractivity contribution in [2.45, 2.75) is 38.8 Å². The lowest BCUT2D eigenvalue weighted by Gasteiger charge is -2.22. The molecule has 5 heteroatoms. The monoisotopic (exact) mass is 264 g/mol. The van der Waals surface area contributed by atoms with Gasteiger partial charge in [-0.2, -0.15) is 0 Å². The Morgan fingerprint density at radius 3 is 3.00 bits per heavy atom. The molecule has 5 nitrogen and oxygen atoms in total. The lowest BCUT2D eigenvalue weighted by atomic mass is 10.1. The standard InChI is InChI=1S/C14H20N2O3/c1-11-5-6-12(8-14(11)16(17)18)9-15-10-13-4-2-3-7-19-13/h5-6,8,13,15H,2-4,7,9-10H2,1H3. The Kier molecular flexibility index (Phi) is 4.87. The summed E-state index contributed by atoms with van der Waals surface area (Å²) in [5.41, 5.74) is 1.82. The lowest BCUT2D eigenvalue weighted by molar-refractivity contribution is -0.385. The molecule has 1 fully saturated rings. The van der Waals surface area contributed by atoms with Crippen molar-refractivity contribution < 1.29 is 9.66 Å². The average molecular weight is 264 g/mol. The molecule has 1 aromatic carbocycles. The van der Waals surface area contributed by atoms with E-state index in [1.54, 1.807) is 19.1 Å². The molecule has 104 valence electrons. The molecular weight excluding hydrogens is 244 g/mol. The molecular formula is C14H20N2O3. The molecule has 0 radical (unpaired) electrons. The van der Waals surface area contributed by atoms with Gasteiger partial charge in [0.15, 0.2) is 0 Å². The molecule has 1 aliphatic rings. The van der Waals surface area contributed by atoms with Crippen LogP contribution in [0, 0.1) is 17.0 Å². The van der Waals surface area contributed by atoms with E-state index in [0.29, 0.717) is 12.1 Å². The van der Waals surface area contributed by atoms with Gasteiger partial charge in [-0.15, -0.1) is 0 Å². The molecule has 0 aliphatic carbocycles. The van der Waals surface area contributed by atoms with Gasteiger partial charge >= 0.3 is 0 Å². The summed E-state index contributed by atoms with van der Waals surface area (Å²) in [7, 11) is 0. The van der Waals surface area contributed by atoms with E-state index in [9.17, 15) is 10.1 Å². The van der Waals surface area contributed by atoms with Crippen LogP contribution < -0.4 is 5.32 Å². The highest BCUT2D eigenvalue weighted by atomic mass is 16.6. The van der Waals surface area contributed by atoms with Crippen LogP contribution in [0.1, 0.15) is 30.4 Å². The summed E-state index contributed by atoms with van der Waals surface area (Å²) in [5, 5.41) is 14.2. The fourth-order valence-electron chi connectivity index (χ4n) is 2.31. The summed E-state index contributed by atoms with van der Waals surface area (Å²) in [6.07, 6.45) is 3.76. The van der Waals surface area contributed by atoms with Crippen molar-refractivity contribution in [2.24, 2.45) is 0 Å². The Hall–Kier alpha value is -1.46. The predicted molar refractivity (Wildman–Crippen MR) is 73.1 cm³/mol. The van der Waals surface area contributed by atoms with Gasteiger partial charge in [0.25, 0.3) is 5.69 Å². The smallest absolute Gasteiger partial charge is 0.272 e. The first kappa shape index (κ1) is 14.0. The molecule has 0 spiro atoms. The van der Waals surface area contributed by atoms with Crippen LogP contribution in [0.3, 0.4) is 0 Å². The predicted octanol–water partition coefficient (Wildman–Crippen LogP) is 2.56. The molecule has 0 saturated carbocycles. The molecule has 0 bridgehead atoms. The summed E-state index contributed by atoms with van der Waals surface area (Å²) in [4.78, 5) is 10.5. The van der Waals surface area contributed by atoms with E-state index in [1.807, 2.05) is 6.07 Å². The van der Waals surface area contributed by atoms with Gasteiger partial charge in [-0.3, -0.25) is 10.1 Å². The Balaban J connectivity index is 1.85. The number of rotatable bonds is 5. The largest absolute Gasteiger partial charge is 0.377 e. The first-order chi connectivity index (χ1) is 9.16. The van der Waals surface area contributed by atoms with Crippen LogP contribution in [0.2, 0.25) is 0 Å². The van der Waals surface area contributed by atoms with E-state index >= 15 is 0 Å². The normalized spacial score (nSPS) is 19.3. The molecule has 0 amide bonds. The Bertz CT molecular complexity index is 442. The van der Waals surface area contributed by atoms with E-state index in [2.05, 4.69) is 5.32 Å². The van der Waals surface area contributed by atoms with Crippen molar-refractivity contribution in [3.05, 3.63) is 39.4 Å². The summed E-state index contributed by atoms with van der Waals surface area (Å²) < 4.78 is 5.63. The van der Waals surface area contributed by atoms with Crippen LogP contribution in [0.15, 0.2) is 18.2 Å². The van der Waals surface area contributed by atoms with Crippen LogP contribution in [0.4, 0.5) is 5.69 Å². The quantitative estimate of drug-likeness (QED) is 0.655. The average Bonchev–Trinajstić information content (AvgIpc) is 2.41. The van der Waals surface area contributed by atoms with Gasteiger partial charge in [0.1, 0.15) is 0 Å². The van der Waals surface area contributed by atoms with Gasteiger partial charge in [-0.25, -0.2) is 0 Å². The maximum atomic E-state index is 10.9. The highest BCUT2D eigenvalue weighted by Gasteiger charge is 2.14. The van der Waals surface area contributed by atoms with Gasteiger partial charge in [0.2, 0.25) is 0 Å². The second kappa shape index (κ2) is 6.63. The number of hydrogen-bond donors (Lipinski definition) is 1. The molecule has 0 aromatic heterocycles. The second-order valence-electron chi connectivity index (χ2n) is 5.00. The van der Waals surface area contributed by atoms with Crippen molar-refractivity contribution >= 4 is 5.69 Å². The molecule has 1 atom stereocenters. The van der Waals surface area contributed by atoms with Crippen molar-refractivity contribution in [1.29, 1.82) is 0 Å². The third-order valence-corrected chi connectivity index (χ3v) is 3.45. The van der Waals surface area contributed by atoms with Gasteiger partial charge in [0.05, 0.1) is 11.0 Å². The number of nitro groups is 1. The van der Waals surface area contributed by atoms with Gasteiger partial charge in [-0.1, -0.05) is 12.1 Å². The van der Waals surface area contributed by atoms with Crippen LogP contribution >= 0.6 is 0 Å². The second-order valence-corrected chi connectivity index (χ2v) is 5.00. The van der Waals surface area contributed by atoms with Crippen molar-refractivity contribution in [3.63, 3.8) is 0 Å². The maximum Gasteiger partial charge on any atom is 0.272 e. The highest BCUT2D eigenvalue weighted by molar-refractivity contribution is 5.42. The number of ether oxygens (including phenoxy) is 1. The Morgan fingerprint density at radius 2 is 2.32 bits per heavy atom. The molecule has 1 heterocycles. The highest BCUT2D eigenvalue weighted by Crippen LogP contribution is 2.19. The lowest BCUT2D eigenvalue weighted by Crippen LogP contribution is -2.31. The minimum absolute atomic E-state index is 0.188. The van der Waals surface area contributed by atoms with Gasteiger partial charge < -0.3 is 10.1 Å². The third kappa shape index (κ3) is 4.01. The molecule has 1 N–H and O–H groups in total. The topological polar surface area (TPSA) is 64.4 Å². The fraction of sp³-hybridized carbons (Fsp3) is 0.571. The minimum atomic E-state index is -0.330. The zero-order valence-corrected chi connectivity index (χ0v) is 11.2. The van der Waals surface area contributed by atoms with E-state index in [4.69, 9.17) is 4.74 Å². The third-order valence-electron chi connectivity index (χ3n) is 3.45. The SMILES string of the molecule is Cc1ccc(CNCC2CCCCO2)cc1[N+](=O)[O-]. The molecule has 19 heavy (non-hydrogen) atoms. The van der Waals surface area contributed by atoms with Gasteiger partial charge in [0, 0.05) is 31.3 Å². The minimum Gasteiger partial charge on any atom is -0.377 e. The summed E-state index contributed by atoms with van der Waals surface area (Å²) in [6, 6.07) is 5.37.